The van der Waals surface area contributed by atoms with Crippen molar-refractivity contribution in [3.63, 3.8) is 0 Å². The van der Waals surface area contributed by atoms with E-state index in [2.05, 4.69) is 25.3 Å². The van der Waals surface area contributed by atoms with Crippen molar-refractivity contribution in [1.29, 1.82) is 0 Å². The summed E-state index contributed by atoms with van der Waals surface area (Å²) in [7, 11) is 0. The van der Waals surface area contributed by atoms with E-state index in [1.807, 2.05) is 4.90 Å². The molecular formula is C18H16ClF4N7. The van der Waals surface area contributed by atoms with Crippen molar-refractivity contribution >= 4 is 17.4 Å². The van der Waals surface area contributed by atoms with Gasteiger partial charge in [-0.25, -0.2) is 9.37 Å². The molecule has 0 unspecified atom stereocenters. The molecule has 2 aromatic heterocycles. The van der Waals surface area contributed by atoms with Gasteiger partial charge in [-0.2, -0.15) is 13.2 Å². The summed E-state index contributed by atoms with van der Waals surface area (Å²) in [6.07, 6.45) is -3.69. The normalized spacial score (nSPS) is 15.6. The van der Waals surface area contributed by atoms with E-state index < -0.39 is 11.7 Å². The first-order chi connectivity index (χ1) is 14.3. The maximum atomic E-state index is 13.0. The second-order valence-corrected chi connectivity index (χ2v) is 7.17. The van der Waals surface area contributed by atoms with E-state index in [1.54, 1.807) is 12.1 Å². The van der Waals surface area contributed by atoms with Crippen molar-refractivity contribution in [3.05, 3.63) is 52.9 Å². The Morgan fingerprint density at radius 1 is 1.03 bits per heavy atom. The van der Waals surface area contributed by atoms with Crippen LogP contribution in [0, 0.1) is 5.82 Å². The lowest BCUT2D eigenvalue weighted by atomic mass is 10.2. The molecule has 158 valence electrons. The van der Waals surface area contributed by atoms with Crippen LogP contribution in [0.1, 0.15) is 5.56 Å². The number of anilines is 1. The lowest BCUT2D eigenvalue weighted by Gasteiger charge is -2.35. The minimum absolute atomic E-state index is 0.0276. The highest BCUT2D eigenvalue weighted by Gasteiger charge is 2.32. The molecule has 7 nitrogen and oxygen atoms in total. The fourth-order valence-electron chi connectivity index (χ4n) is 3.12. The van der Waals surface area contributed by atoms with Gasteiger partial charge < -0.3 is 4.90 Å². The van der Waals surface area contributed by atoms with Crippen LogP contribution < -0.4 is 4.90 Å². The predicted molar refractivity (Wildman–Crippen MR) is 101 cm³/mol. The summed E-state index contributed by atoms with van der Waals surface area (Å²) in [5.41, 5.74) is -0.209. The molecule has 0 amide bonds. The van der Waals surface area contributed by atoms with Crippen molar-refractivity contribution in [2.24, 2.45) is 0 Å². The van der Waals surface area contributed by atoms with Crippen LogP contribution in [-0.2, 0) is 12.8 Å². The van der Waals surface area contributed by atoms with E-state index in [4.69, 9.17) is 11.6 Å². The summed E-state index contributed by atoms with van der Waals surface area (Å²) in [5, 5.41) is 12.3. The van der Waals surface area contributed by atoms with Crippen LogP contribution >= 0.6 is 11.6 Å². The van der Waals surface area contributed by atoms with Crippen LogP contribution in [0.2, 0.25) is 5.02 Å². The zero-order valence-electron chi connectivity index (χ0n) is 15.5. The number of hydrogen-bond donors (Lipinski definition) is 0. The zero-order valence-corrected chi connectivity index (χ0v) is 16.3. The van der Waals surface area contributed by atoms with Crippen LogP contribution in [-0.4, -0.2) is 56.3 Å². The Bertz CT molecular complexity index is 1010. The van der Waals surface area contributed by atoms with Crippen LogP contribution in [0.3, 0.4) is 0 Å². The first-order valence-corrected chi connectivity index (χ1v) is 9.41. The van der Waals surface area contributed by atoms with Crippen molar-refractivity contribution < 1.29 is 17.6 Å². The van der Waals surface area contributed by atoms with Gasteiger partial charge in [0.05, 0.1) is 10.6 Å². The van der Waals surface area contributed by atoms with Gasteiger partial charge in [-0.15, -0.1) is 15.0 Å². The van der Waals surface area contributed by atoms with Crippen LogP contribution in [0.25, 0.3) is 11.4 Å². The molecule has 1 aromatic carbocycles. The summed E-state index contributed by atoms with van der Waals surface area (Å²) < 4.78 is 51.4. The van der Waals surface area contributed by atoms with E-state index in [-0.39, 0.29) is 10.8 Å². The third-order valence-electron chi connectivity index (χ3n) is 4.70. The Balaban J connectivity index is 1.36. The molecular weight excluding hydrogens is 426 g/mol. The minimum Gasteiger partial charge on any atom is -0.353 e. The lowest BCUT2D eigenvalue weighted by Crippen LogP contribution is -2.47. The van der Waals surface area contributed by atoms with Crippen molar-refractivity contribution in [3.8, 4) is 11.4 Å². The molecule has 3 aromatic rings. The molecule has 0 atom stereocenters. The molecule has 1 aliphatic heterocycles. The van der Waals surface area contributed by atoms with Gasteiger partial charge in [0.15, 0.2) is 0 Å². The van der Waals surface area contributed by atoms with E-state index in [1.165, 1.54) is 16.9 Å². The van der Waals surface area contributed by atoms with Crippen molar-refractivity contribution in [1.82, 2.24) is 30.1 Å². The molecule has 1 aliphatic rings. The summed E-state index contributed by atoms with van der Waals surface area (Å²) in [6, 6.07) is 6.71. The SMILES string of the molecule is Fc1ccc(-c2nnn(CN3CCN(c4ncc(C(F)(F)F)cc4Cl)CC3)n2)cc1. The molecule has 1 saturated heterocycles. The average molecular weight is 442 g/mol. The van der Waals surface area contributed by atoms with Gasteiger partial charge in [0.25, 0.3) is 0 Å². The van der Waals surface area contributed by atoms with Crippen LogP contribution in [0.15, 0.2) is 36.5 Å². The number of nitrogens with zero attached hydrogens (tertiary/aromatic N) is 7. The van der Waals surface area contributed by atoms with Crippen molar-refractivity contribution in [2.45, 2.75) is 12.8 Å². The number of tetrazole rings is 1. The minimum atomic E-state index is -4.48. The molecule has 1 fully saturated rings. The number of benzene rings is 1. The van der Waals surface area contributed by atoms with Gasteiger partial charge in [-0.1, -0.05) is 11.6 Å². The molecule has 0 saturated carbocycles. The number of hydrogen-bond acceptors (Lipinski definition) is 6. The summed E-state index contributed by atoms with van der Waals surface area (Å²) in [6.45, 7) is 2.71. The fraction of sp³-hybridized carbons (Fsp3) is 0.333. The first-order valence-electron chi connectivity index (χ1n) is 9.03. The highest BCUT2D eigenvalue weighted by atomic mass is 35.5. The Hall–Kier alpha value is -2.79. The number of rotatable bonds is 4. The van der Waals surface area contributed by atoms with Gasteiger partial charge in [-0.3, -0.25) is 4.90 Å². The quantitative estimate of drug-likeness (QED) is 0.579. The van der Waals surface area contributed by atoms with Gasteiger partial charge >= 0.3 is 6.18 Å². The standard InChI is InChI=1S/C18H16ClF4N7/c19-15-9-13(18(21,22)23)10-24-17(15)29-7-5-28(6-8-29)11-30-26-16(25-27-30)12-1-3-14(20)4-2-12/h1-4,9-10H,5-8,11H2. The van der Waals surface area contributed by atoms with Gasteiger partial charge in [0, 0.05) is 37.9 Å². The van der Waals surface area contributed by atoms with Crippen LogP contribution in [0.4, 0.5) is 23.4 Å². The smallest absolute Gasteiger partial charge is 0.353 e. The first kappa shape index (κ1) is 20.5. The number of piperazine rings is 1. The third-order valence-corrected chi connectivity index (χ3v) is 4.98. The summed E-state index contributed by atoms with van der Waals surface area (Å²) in [5.74, 6) is 0.391. The molecule has 0 spiro atoms. The average Bonchev–Trinajstić information content (AvgIpc) is 3.17. The second kappa shape index (κ2) is 8.15. The number of aromatic nitrogens is 5. The van der Waals surface area contributed by atoms with E-state index >= 15 is 0 Å². The topological polar surface area (TPSA) is 63.0 Å². The molecule has 30 heavy (non-hydrogen) atoms. The van der Waals surface area contributed by atoms with Crippen LogP contribution in [0.5, 0.6) is 0 Å². The second-order valence-electron chi connectivity index (χ2n) is 6.77. The number of alkyl halides is 3. The summed E-state index contributed by atoms with van der Waals surface area (Å²) >= 11 is 6.03. The molecule has 3 heterocycles. The monoisotopic (exact) mass is 441 g/mol. The molecule has 4 rings (SSSR count). The lowest BCUT2D eigenvalue weighted by molar-refractivity contribution is -0.137. The molecule has 12 heteroatoms. The van der Waals surface area contributed by atoms with E-state index in [0.717, 1.165) is 12.3 Å². The Morgan fingerprint density at radius 2 is 1.73 bits per heavy atom. The van der Waals surface area contributed by atoms with E-state index in [0.29, 0.717) is 50.1 Å². The van der Waals surface area contributed by atoms with E-state index in [9.17, 15) is 17.6 Å². The third kappa shape index (κ3) is 4.51. The molecule has 0 bridgehead atoms. The van der Waals surface area contributed by atoms with Crippen molar-refractivity contribution in [2.75, 3.05) is 31.1 Å². The maximum Gasteiger partial charge on any atom is 0.417 e. The fourth-order valence-corrected chi connectivity index (χ4v) is 3.40. The Morgan fingerprint density at radius 3 is 2.37 bits per heavy atom. The molecule has 0 radical (unpaired) electrons. The van der Waals surface area contributed by atoms with Gasteiger partial charge in [0.1, 0.15) is 18.3 Å². The maximum absolute atomic E-state index is 13.0. The Labute approximate surface area is 173 Å². The molecule has 0 aliphatic carbocycles. The van der Waals surface area contributed by atoms with Gasteiger partial charge in [0.2, 0.25) is 5.82 Å². The Kier molecular flexibility index (Phi) is 5.56. The predicted octanol–water partition coefficient (Wildman–Crippen LogP) is 3.33. The number of halogens is 5. The highest BCUT2D eigenvalue weighted by Crippen LogP contribution is 2.33. The number of pyridine rings is 1. The zero-order chi connectivity index (χ0) is 21.3. The summed E-state index contributed by atoms with van der Waals surface area (Å²) in [4.78, 5) is 9.27. The molecule has 0 N–H and O–H groups in total. The largest absolute Gasteiger partial charge is 0.417 e. The highest BCUT2D eigenvalue weighted by molar-refractivity contribution is 6.33. The van der Waals surface area contributed by atoms with Gasteiger partial charge in [-0.05, 0) is 35.5 Å².